The van der Waals surface area contributed by atoms with Gasteiger partial charge >= 0.3 is 5.97 Å². The fraction of sp³-hybridized carbons (Fsp3) is 0.855. The molecule has 0 aliphatic carbocycles. The van der Waals surface area contributed by atoms with Gasteiger partial charge in [-0.15, -0.1) is 0 Å². The van der Waals surface area contributed by atoms with Crippen LogP contribution in [-0.4, -0.2) is 47.4 Å². The van der Waals surface area contributed by atoms with Crippen LogP contribution in [0.4, 0.5) is 0 Å². The number of amides is 1. The molecule has 0 aromatic heterocycles. The molecule has 0 aromatic rings. The van der Waals surface area contributed by atoms with E-state index < -0.39 is 12.1 Å². The molecule has 0 rings (SSSR count). The second kappa shape index (κ2) is 78.0. The van der Waals surface area contributed by atoms with Crippen molar-refractivity contribution in [3.8, 4) is 0 Å². The Morgan fingerprint density at radius 3 is 0.876 bits per heavy atom. The van der Waals surface area contributed by atoms with Crippen LogP contribution in [0.1, 0.15) is 431 Å². The van der Waals surface area contributed by atoms with E-state index in [1.54, 1.807) is 6.08 Å². The third-order valence-corrected chi connectivity index (χ3v) is 18.5. The Morgan fingerprint density at radius 1 is 0.315 bits per heavy atom. The molecule has 0 aromatic carbocycles. The zero-order valence-corrected chi connectivity index (χ0v) is 59.9. The lowest BCUT2D eigenvalue weighted by Crippen LogP contribution is -2.45. The van der Waals surface area contributed by atoms with E-state index in [-0.39, 0.29) is 18.5 Å². The van der Waals surface area contributed by atoms with Gasteiger partial charge < -0.3 is 20.3 Å². The number of aliphatic hydroxyl groups is 2. The van der Waals surface area contributed by atoms with Crippen LogP contribution >= 0.6 is 0 Å². The highest BCUT2D eigenvalue weighted by Gasteiger charge is 2.18. The average molecular weight is 1250 g/mol. The number of allylic oxidation sites excluding steroid dienone is 9. The Labute approximate surface area is 556 Å². The van der Waals surface area contributed by atoms with Gasteiger partial charge in [0.2, 0.25) is 5.91 Å². The molecular formula is C83H155NO5. The lowest BCUT2D eigenvalue weighted by molar-refractivity contribution is -0.143. The molecule has 6 nitrogen and oxygen atoms in total. The van der Waals surface area contributed by atoms with Crippen molar-refractivity contribution in [2.45, 2.75) is 443 Å². The number of unbranched alkanes of at least 4 members (excludes halogenated alkanes) is 56. The van der Waals surface area contributed by atoms with Crippen molar-refractivity contribution < 1.29 is 24.5 Å². The molecule has 0 saturated heterocycles. The van der Waals surface area contributed by atoms with E-state index in [0.29, 0.717) is 19.4 Å². The van der Waals surface area contributed by atoms with Gasteiger partial charge in [-0.2, -0.15) is 0 Å². The van der Waals surface area contributed by atoms with Gasteiger partial charge in [-0.05, 0) is 96.3 Å². The summed E-state index contributed by atoms with van der Waals surface area (Å²) in [6.45, 7) is 4.91. The molecule has 2 unspecified atom stereocenters. The maximum atomic E-state index is 12.5. The van der Waals surface area contributed by atoms with E-state index in [1.165, 1.54) is 347 Å². The summed E-state index contributed by atoms with van der Waals surface area (Å²) in [5, 5.41) is 23.2. The van der Waals surface area contributed by atoms with Gasteiger partial charge in [0.05, 0.1) is 25.4 Å². The highest BCUT2D eigenvalue weighted by molar-refractivity contribution is 5.76. The molecule has 0 spiro atoms. The smallest absolute Gasteiger partial charge is 0.305 e. The summed E-state index contributed by atoms with van der Waals surface area (Å²) in [7, 11) is 0. The molecule has 522 valence electrons. The number of carbonyl (C=O) groups is 2. The van der Waals surface area contributed by atoms with Crippen molar-refractivity contribution in [2.24, 2.45) is 0 Å². The predicted octanol–water partition coefficient (Wildman–Crippen LogP) is 26.5. The quantitative estimate of drug-likeness (QED) is 0.0320. The first-order valence-electron chi connectivity index (χ1n) is 40.1. The lowest BCUT2D eigenvalue weighted by atomic mass is 10.0. The van der Waals surface area contributed by atoms with Crippen molar-refractivity contribution in [3.63, 3.8) is 0 Å². The molecule has 0 bridgehead atoms. The minimum Gasteiger partial charge on any atom is -0.466 e. The van der Waals surface area contributed by atoms with E-state index >= 15 is 0 Å². The normalized spacial score (nSPS) is 12.8. The Kier molecular flexibility index (Phi) is 75.9. The van der Waals surface area contributed by atoms with Crippen LogP contribution in [0.15, 0.2) is 60.8 Å². The van der Waals surface area contributed by atoms with Gasteiger partial charge in [0.25, 0.3) is 0 Å². The highest BCUT2D eigenvalue weighted by atomic mass is 16.5. The zero-order chi connectivity index (χ0) is 64.2. The average Bonchev–Trinajstić information content (AvgIpc) is 3.63. The van der Waals surface area contributed by atoms with Crippen LogP contribution < -0.4 is 5.32 Å². The maximum absolute atomic E-state index is 12.5. The molecular weight excluding hydrogens is 1090 g/mol. The fourth-order valence-corrected chi connectivity index (χ4v) is 12.4. The van der Waals surface area contributed by atoms with E-state index in [4.69, 9.17) is 4.74 Å². The van der Waals surface area contributed by atoms with Gasteiger partial charge in [-0.25, -0.2) is 0 Å². The second-order valence-electron chi connectivity index (χ2n) is 27.4. The van der Waals surface area contributed by atoms with Crippen molar-refractivity contribution in [1.82, 2.24) is 5.32 Å². The second-order valence-corrected chi connectivity index (χ2v) is 27.4. The molecule has 0 heterocycles. The Morgan fingerprint density at radius 2 is 0.562 bits per heavy atom. The number of carbonyl (C=O) groups excluding carboxylic acids is 2. The number of rotatable bonds is 75. The van der Waals surface area contributed by atoms with Crippen molar-refractivity contribution >= 4 is 11.9 Å². The fourth-order valence-electron chi connectivity index (χ4n) is 12.4. The van der Waals surface area contributed by atoms with Crippen LogP contribution in [0.3, 0.4) is 0 Å². The first kappa shape index (κ1) is 86.6. The summed E-state index contributed by atoms with van der Waals surface area (Å²) in [4.78, 5) is 24.6. The first-order chi connectivity index (χ1) is 44.0. The summed E-state index contributed by atoms with van der Waals surface area (Å²) < 4.78 is 5.51. The van der Waals surface area contributed by atoms with Gasteiger partial charge in [-0.1, -0.05) is 383 Å². The number of esters is 1. The van der Waals surface area contributed by atoms with Crippen molar-refractivity contribution in [3.05, 3.63) is 60.8 Å². The summed E-state index contributed by atoms with van der Waals surface area (Å²) >= 11 is 0. The Bertz CT molecular complexity index is 1530. The van der Waals surface area contributed by atoms with Gasteiger partial charge in [0.1, 0.15) is 0 Å². The minimum absolute atomic E-state index is 0.0130. The number of hydrogen-bond donors (Lipinski definition) is 3. The molecule has 0 radical (unpaired) electrons. The molecule has 0 saturated carbocycles. The van der Waals surface area contributed by atoms with Crippen LogP contribution in [0.2, 0.25) is 0 Å². The molecule has 0 fully saturated rings. The lowest BCUT2D eigenvalue weighted by Gasteiger charge is -2.20. The summed E-state index contributed by atoms with van der Waals surface area (Å²) in [6, 6.07) is -0.628. The molecule has 0 aliphatic rings. The van der Waals surface area contributed by atoms with Gasteiger partial charge in [0, 0.05) is 12.8 Å². The Balaban J connectivity index is 3.38. The summed E-state index contributed by atoms with van der Waals surface area (Å²) in [5.41, 5.74) is 0. The van der Waals surface area contributed by atoms with Gasteiger partial charge in [0.15, 0.2) is 0 Å². The monoisotopic (exact) mass is 1250 g/mol. The highest BCUT2D eigenvalue weighted by Crippen LogP contribution is 2.19. The molecule has 89 heavy (non-hydrogen) atoms. The van der Waals surface area contributed by atoms with E-state index in [0.717, 1.165) is 57.8 Å². The topological polar surface area (TPSA) is 95.9 Å². The first-order valence-corrected chi connectivity index (χ1v) is 40.1. The maximum Gasteiger partial charge on any atom is 0.305 e. The molecule has 2 atom stereocenters. The van der Waals surface area contributed by atoms with Crippen molar-refractivity contribution in [1.29, 1.82) is 0 Å². The van der Waals surface area contributed by atoms with Crippen LogP contribution in [-0.2, 0) is 14.3 Å². The number of nitrogens with one attached hydrogen (secondary N) is 1. The van der Waals surface area contributed by atoms with Crippen LogP contribution in [0.25, 0.3) is 0 Å². The third kappa shape index (κ3) is 74.5. The standard InChI is InChI=1S/C83H155NO5/c1-3-5-7-9-11-13-15-17-19-21-40-45-49-53-57-61-65-69-73-77-83(88)89-78-74-70-66-62-58-54-50-46-42-39-37-35-33-31-29-27-25-23-24-26-28-30-32-34-36-38-41-44-48-52-56-60-64-68-72-76-82(87)84-80(79-85)81(86)75-71-67-63-59-55-51-47-43-22-20-18-16-14-12-10-8-6-4-2/h11,13,17,19,25,27,31,33,71,75,80-81,85-86H,3-10,12,14-16,18,20-24,26,28-30,32,34-70,72-74,76-79H2,1-2H3,(H,84,87)/b13-11-,19-17-,27-25-,33-31-,75-71+. The zero-order valence-electron chi connectivity index (χ0n) is 59.9. The molecule has 1 amide bonds. The van der Waals surface area contributed by atoms with Gasteiger partial charge in [-0.3, -0.25) is 9.59 Å². The summed E-state index contributed by atoms with van der Waals surface area (Å²) in [6.07, 6.45) is 105. The number of hydrogen-bond acceptors (Lipinski definition) is 5. The Hall–Kier alpha value is -2.44. The minimum atomic E-state index is -0.844. The van der Waals surface area contributed by atoms with E-state index in [2.05, 4.69) is 67.8 Å². The van der Waals surface area contributed by atoms with Crippen molar-refractivity contribution in [2.75, 3.05) is 13.2 Å². The number of ether oxygens (including phenoxy) is 1. The molecule has 6 heteroatoms. The third-order valence-electron chi connectivity index (χ3n) is 18.5. The van der Waals surface area contributed by atoms with E-state index in [1.807, 2.05) is 6.08 Å². The SMILES string of the molecule is CCCCC/C=C\C/C=C\CCCCCCCCCCCC(=O)OCCCCCCCCCCCCC/C=C\C/C=C\CCCCCCCCCCCCCCCCCCCC(=O)NC(CO)C(O)/C=C/CCCCCCCCCCCCCCCCCC. The van der Waals surface area contributed by atoms with E-state index in [9.17, 15) is 19.8 Å². The largest absolute Gasteiger partial charge is 0.466 e. The predicted molar refractivity (Wildman–Crippen MR) is 393 cm³/mol. The van der Waals surface area contributed by atoms with Crippen LogP contribution in [0.5, 0.6) is 0 Å². The van der Waals surface area contributed by atoms with Crippen LogP contribution in [0, 0.1) is 0 Å². The molecule has 0 aliphatic heterocycles. The molecule has 3 N–H and O–H groups in total. The summed E-state index contributed by atoms with van der Waals surface area (Å²) in [5.74, 6) is -0.0495. The number of aliphatic hydroxyl groups excluding tert-OH is 2.